The molecule has 90 heavy (non-hydrogen) atoms. The molecule has 0 aromatic heterocycles. The first-order chi connectivity index (χ1) is 43.8. The Morgan fingerprint density at radius 1 is 0.489 bits per heavy atom. The van der Waals surface area contributed by atoms with Gasteiger partial charge < -0.3 is 9.80 Å². The summed E-state index contributed by atoms with van der Waals surface area (Å²) in [5.41, 5.74) is 20.5. The highest BCUT2D eigenvalue weighted by molar-refractivity contribution is 6.32. The minimum atomic E-state index is -0.217. The van der Waals surface area contributed by atoms with Gasteiger partial charge in [-0.1, -0.05) is 297 Å². The standard InChI is InChI=1S/C88H82N2/c1-9-73(42-27-55-87(5,6)70-37-21-13-22-38-70)89(75-49-45-72(46-50-75)88(7,8)71-39-23-14-24-40-71)83-60-82(69-36-26-35-68(58-69)66-31-17-11-18-32-66)78-52-54-80-84(59-81(67-33-19-12-20-34-67)77-51-53-79(83)86(78)85(77)80)90(74-47-43-64(44-48-74)61(2)3)76-41-25-28-63(57-76)56-62(4)65-29-15-10-16-30-65/h9-47,49-54,57-62,74H,48,55-56H2,1-8H3/b42-27-,73-9+. The maximum atomic E-state index is 2.68. The largest absolute Gasteiger partial charge is 0.334 e. The van der Waals surface area contributed by atoms with E-state index in [0.29, 0.717) is 11.8 Å². The molecule has 0 spiro atoms. The average Bonchev–Trinajstić information content (AvgIpc) is 0.711. The number of hydrogen-bond donors (Lipinski definition) is 0. The molecule has 0 amide bonds. The van der Waals surface area contributed by atoms with Crippen molar-refractivity contribution in [2.24, 2.45) is 5.92 Å². The smallest absolute Gasteiger partial charge is 0.0560 e. The van der Waals surface area contributed by atoms with Crippen molar-refractivity contribution in [2.45, 2.75) is 97.4 Å². The highest BCUT2D eigenvalue weighted by Crippen LogP contribution is 2.52. The van der Waals surface area contributed by atoms with Crippen LogP contribution in [0, 0.1) is 5.92 Å². The zero-order valence-electron chi connectivity index (χ0n) is 53.5. The SMILES string of the molecule is C/C=C(\C=C/CC(C)(C)c1ccccc1)N(c1ccc(C(C)(C)c2ccccc2)cc1)c1cc(-c2cccc(-c3ccccc3)c2)c2ccc3c(N(c4cccc(CC(C)c5ccccc5)c4)C4C=CC(C(C)C)=CC4)cc(-c4ccccc4)c4ccc1c2c43. The minimum absolute atomic E-state index is 0.0597. The second-order valence-electron chi connectivity index (χ2n) is 26.3. The maximum absolute atomic E-state index is 2.68. The number of hydrogen-bond acceptors (Lipinski definition) is 2. The van der Waals surface area contributed by atoms with Crippen LogP contribution in [-0.4, -0.2) is 6.04 Å². The Labute approximate surface area is 534 Å². The predicted octanol–water partition coefficient (Wildman–Crippen LogP) is 24.3. The summed E-state index contributed by atoms with van der Waals surface area (Å²) in [4.78, 5) is 5.22. The maximum Gasteiger partial charge on any atom is 0.0560 e. The lowest BCUT2D eigenvalue weighted by Crippen LogP contribution is -2.30. The Bertz CT molecular complexity index is 4590. The van der Waals surface area contributed by atoms with E-state index in [1.807, 2.05) is 0 Å². The summed E-state index contributed by atoms with van der Waals surface area (Å²) in [7, 11) is 0. The number of allylic oxidation sites excluding steroid dienone is 5. The summed E-state index contributed by atoms with van der Waals surface area (Å²) in [6.45, 7) is 18.6. The molecule has 1 aliphatic carbocycles. The quantitative estimate of drug-likeness (QED) is 0.0588. The molecule has 0 saturated carbocycles. The van der Waals surface area contributed by atoms with Crippen LogP contribution in [0.25, 0.3) is 65.7 Å². The van der Waals surface area contributed by atoms with Crippen LogP contribution in [0.4, 0.5) is 22.7 Å². The fourth-order valence-electron chi connectivity index (χ4n) is 14.0. The van der Waals surface area contributed by atoms with Gasteiger partial charge in [-0.15, -0.1) is 0 Å². The van der Waals surface area contributed by atoms with Crippen molar-refractivity contribution < 1.29 is 0 Å². The number of benzene rings is 12. The normalized spacial score (nSPS) is 14.3. The fourth-order valence-corrected chi connectivity index (χ4v) is 14.0. The molecule has 1 aliphatic rings. The van der Waals surface area contributed by atoms with Gasteiger partial charge in [-0.2, -0.15) is 0 Å². The summed E-state index contributed by atoms with van der Waals surface area (Å²) in [6, 6.07) is 97.7. The minimum Gasteiger partial charge on any atom is -0.334 e. The van der Waals surface area contributed by atoms with Gasteiger partial charge in [-0.25, -0.2) is 0 Å². The molecule has 2 atom stereocenters. The van der Waals surface area contributed by atoms with Crippen LogP contribution in [0.15, 0.2) is 309 Å². The van der Waals surface area contributed by atoms with Crippen molar-refractivity contribution >= 4 is 55.1 Å². The Morgan fingerprint density at radius 2 is 1.02 bits per heavy atom. The van der Waals surface area contributed by atoms with Crippen molar-refractivity contribution in [3.05, 3.63) is 336 Å². The van der Waals surface area contributed by atoms with Gasteiger partial charge in [0.1, 0.15) is 0 Å². The molecule has 0 aliphatic heterocycles. The van der Waals surface area contributed by atoms with E-state index in [9.17, 15) is 0 Å². The molecule has 13 rings (SSSR count). The first-order valence-electron chi connectivity index (χ1n) is 32.5. The van der Waals surface area contributed by atoms with Crippen LogP contribution < -0.4 is 9.80 Å². The van der Waals surface area contributed by atoms with Crippen LogP contribution in [0.5, 0.6) is 0 Å². The predicted molar refractivity (Wildman–Crippen MR) is 388 cm³/mol. The molecule has 0 heterocycles. The molecule has 0 N–H and O–H groups in total. The molecular formula is C88H82N2. The summed E-state index contributed by atoms with van der Waals surface area (Å²) in [5, 5.41) is 7.40. The molecule has 0 saturated heterocycles. The van der Waals surface area contributed by atoms with E-state index in [0.717, 1.165) is 36.3 Å². The molecule has 0 fully saturated rings. The van der Waals surface area contributed by atoms with Gasteiger partial charge in [0.2, 0.25) is 0 Å². The van der Waals surface area contributed by atoms with Gasteiger partial charge in [-0.05, 0) is 170 Å². The van der Waals surface area contributed by atoms with Crippen LogP contribution >= 0.6 is 0 Å². The van der Waals surface area contributed by atoms with Gasteiger partial charge in [-0.3, -0.25) is 0 Å². The molecule has 12 aromatic carbocycles. The van der Waals surface area contributed by atoms with Crippen LogP contribution in [0.2, 0.25) is 0 Å². The fraction of sp³-hybridized carbons (Fsp3) is 0.182. The lowest BCUT2D eigenvalue weighted by molar-refractivity contribution is 0.534. The number of rotatable bonds is 19. The first kappa shape index (κ1) is 59.2. The molecule has 2 unspecified atom stereocenters. The topological polar surface area (TPSA) is 6.48 Å². The highest BCUT2D eigenvalue weighted by Gasteiger charge is 2.30. The van der Waals surface area contributed by atoms with E-state index < -0.39 is 0 Å². The first-order valence-corrected chi connectivity index (χ1v) is 32.5. The van der Waals surface area contributed by atoms with Crippen molar-refractivity contribution in [1.29, 1.82) is 0 Å². The van der Waals surface area contributed by atoms with Gasteiger partial charge in [0, 0.05) is 44.0 Å². The molecule has 12 aromatic rings. The lowest BCUT2D eigenvalue weighted by atomic mass is 9.78. The Morgan fingerprint density at radius 3 is 1.64 bits per heavy atom. The Hall–Kier alpha value is -9.76. The van der Waals surface area contributed by atoms with Gasteiger partial charge in [0.15, 0.2) is 0 Å². The van der Waals surface area contributed by atoms with E-state index in [4.69, 9.17) is 0 Å². The zero-order valence-corrected chi connectivity index (χ0v) is 53.5. The summed E-state index contributed by atoms with van der Waals surface area (Å²) in [6.07, 6.45) is 17.1. The van der Waals surface area contributed by atoms with E-state index in [2.05, 4.69) is 362 Å². The Kier molecular flexibility index (Phi) is 16.7. The van der Waals surface area contributed by atoms with E-state index >= 15 is 0 Å². The lowest BCUT2D eigenvalue weighted by Gasteiger charge is -2.36. The molecule has 2 nitrogen and oxygen atoms in total. The van der Waals surface area contributed by atoms with Crippen molar-refractivity contribution in [3.63, 3.8) is 0 Å². The van der Waals surface area contributed by atoms with Gasteiger partial charge >= 0.3 is 0 Å². The molecule has 2 heteroatoms. The Balaban J connectivity index is 1.09. The van der Waals surface area contributed by atoms with Crippen LogP contribution in [0.3, 0.4) is 0 Å². The second-order valence-corrected chi connectivity index (χ2v) is 26.3. The van der Waals surface area contributed by atoms with E-state index in [1.165, 1.54) is 110 Å². The summed E-state index contributed by atoms with van der Waals surface area (Å²) in [5.74, 6) is 0.795. The second kappa shape index (κ2) is 25.4. The molecular weight excluding hydrogens is 1080 g/mol. The molecule has 444 valence electrons. The zero-order chi connectivity index (χ0) is 61.9. The molecule has 0 radical (unpaired) electrons. The van der Waals surface area contributed by atoms with Gasteiger partial charge in [0.05, 0.1) is 17.4 Å². The third-order valence-corrected chi connectivity index (χ3v) is 19.3. The third-order valence-electron chi connectivity index (χ3n) is 19.3. The van der Waals surface area contributed by atoms with Crippen molar-refractivity contribution in [2.75, 3.05) is 9.80 Å². The van der Waals surface area contributed by atoms with Crippen molar-refractivity contribution in [3.8, 4) is 33.4 Å². The van der Waals surface area contributed by atoms with E-state index in [1.54, 1.807) is 0 Å². The highest BCUT2D eigenvalue weighted by atomic mass is 15.2. The van der Waals surface area contributed by atoms with E-state index in [-0.39, 0.29) is 16.9 Å². The average molecular weight is 1170 g/mol. The summed E-state index contributed by atoms with van der Waals surface area (Å²) >= 11 is 0. The summed E-state index contributed by atoms with van der Waals surface area (Å²) < 4.78 is 0. The number of anilines is 4. The molecule has 0 bridgehead atoms. The third kappa shape index (κ3) is 11.8. The van der Waals surface area contributed by atoms with Crippen molar-refractivity contribution in [1.82, 2.24) is 0 Å². The van der Waals surface area contributed by atoms with Gasteiger partial charge in [0.25, 0.3) is 0 Å². The monoisotopic (exact) mass is 1170 g/mol. The van der Waals surface area contributed by atoms with Crippen LogP contribution in [0.1, 0.15) is 102 Å². The number of nitrogens with zero attached hydrogens (tertiary/aromatic N) is 2. The van der Waals surface area contributed by atoms with Crippen LogP contribution in [-0.2, 0) is 17.3 Å².